The summed E-state index contributed by atoms with van der Waals surface area (Å²) in [6.07, 6.45) is 2.02. The molecular weight excluding hydrogens is 294 g/mol. The van der Waals surface area contributed by atoms with Gasteiger partial charge >= 0.3 is 11.9 Å². The van der Waals surface area contributed by atoms with Gasteiger partial charge in [0.2, 0.25) is 5.91 Å². The normalized spacial score (nSPS) is 10.1. The van der Waals surface area contributed by atoms with E-state index in [0.717, 1.165) is 24.2 Å². The molecule has 21 heavy (non-hydrogen) atoms. The number of carbonyl (C=O) groups excluding carboxylic acids is 3. The van der Waals surface area contributed by atoms with Gasteiger partial charge in [0.1, 0.15) is 9.88 Å². The fourth-order valence-electron chi connectivity index (χ4n) is 1.76. The fraction of sp³-hybridized carbons (Fsp3) is 0.500. The van der Waals surface area contributed by atoms with E-state index in [-0.39, 0.29) is 16.3 Å². The first-order valence-corrected chi connectivity index (χ1v) is 7.37. The number of hydrogen-bond donors (Lipinski definition) is 1. The van der Waals surface area contributed by atoms with Crippen LogP contribution >= 0.6 is 11.3 Å². The van der Waals surface area contributed by atoms with Crippen LogP contribution in [0.2, 0.25) is 0 Å². The van der Waals surface area contributed by atoms with Crippen LogP contribution in [0.3, 0.4) is 0 Å². The van der Waals surface area contributed by atoms with Crippen LogP contribution in [-0.4, -0.2) is 32.1 Å². The Hall–Kier alpha value is -1.89. The van der Waals surface area contributed by atoms with E-state index >= 15 is 0 Å². The molecule has 0 aliphatic carbocycles. The second-order valence-corrected chi connectivity index (χ2v) is 5.42. The van der Waals surface area contributed by atoms with Gasteiger partial charge < -0.3 is 14.8 Å². The van der Waals surface area contributed by atoms with E-state index in [0.29, 0.717) is 17.0 Å². The number of anilines is 1. The summed E-state index contributed by atoms with van der Waals surface area (Å²) in [6.45, 7) is 3.61. The van der Waals surface area contributed by atoms with Gasteiger partial charge in [-0.05, 0) is 18.9 Å². The lowest BCUT2D eigenvalue weighted by molar-refractivity contribution is -0.116. The summed E-state index contributed by atoms with van der Waals surface area (Å²) in [5.41, 5.74) is 0.650. The SMILES string of the molecule is CCCCC(=O)Nc1sc(C(=O)OC)c(C)c1C(=O)OC. The number of rotatable bonds is 6. The van der Waals surface area contributed by atoms with E-state index in [1.54, 1.807) is 6.92 Å². The highest BCUT2D eigenvalue weighted by molar-refractivity contribution is 7.18. The molecule has 116 valence electrons. The van der Waals surface area contributed by atoms with Crippen molar-refractivity contribution in [3.8, 4) is 0 Å². The number of nitrogens with one attached hydrogen (secondary N) is 1. The molecule has 0 spiro atoms. The van der Waals surface area contributed by atoms with Crippen molar-refractivity contribution in [3.05, 3.63) is 16.0 Å². The lowest BCUT2D eigenvalue weighted by Gasteiger charge is -2.05. The molecule has 0 radical (unpaired) electrons. The number of unbranched alkanes of at least 4 members (excludes halogenated alkanes) is 1. The molecule has 0 saturated heterocycles. The zero-order chi connectivity index (χ0) is 16.0. The van der Waals surface area contributed by atoms with Crippen molar-refractivity contribution < 1.29 is 23.9 Å². The Labute approximate surface area is 127 Å². The van der Waals surface area contributed by atoms with E-state index in [4.69, 9.17) is 4.74 Å². The standard InChI is InChI=1S/C14H19NO5S/c1-5-6-7-9(16)15-12-10(13(17)19-3)8(2)11(21-12)14(18)20-4/h5-7H2,1-4H3,(H,15,16). The van der Waals surface area contributed by atoms with Gasteiger partial charge in [-0.1, -0.05) is 13.3 Å². The predicted octanol–water partition coefficient (Wildman–Crippen LogP) is 2.76. The summed E-state index contributed by atoms with van der Waals surface area (Å²) >= 11 is 1.02. The van der Waals surface area contributed by atoms with Crippen molar-refractivity contribution in [1.82, 2.24) is 0 Å². The number of hydrogen-bond acceptors (Lipinski definition) is 6. The van der Waals surface area contributed by atoms with Crippen LogP contribution < -0.4 is 5.32 Å². The molecular formula is C14H19NO5S. The third kappa shape index (κ3) is 4.04. The Kier molecular flexibility index (Phi) is 6.36. The lowest BCUT2D eigenvalue weighted by Crippen LogP contribution is -2.13. The van der Waals surface area contributed by atoms with Gasteiger partial charge in [-0.15, -0.1) is 11.3 Å². The van der Waals surface area contributed by atoms with Crippen molar-refractivity contribution in [3.63, 3.8) is 0 Å². The summed E-state index contributed by atoms with van der Waals surface area (Å²) in [5, 5.41) is 2.99. The topological polar surface area (TPSA) is 81.7 Å². The minimum Gasteiger partial charge on any atom is -0.465 e. The summed E-state index contributed by atoms with van der Waals surface area (Å²) in [6, 6.07) is 0. The third-order valence-corrected chi connectivity index (χ3v) is 4.10. The quantitative estimate of drug-likeness (QED) is 0.817. The zero-order valence-electron chi connectivity index (χ0n) is 12.6. The highest BCUT2D eigenvalue weighted by Gasteiger charge is 2.26. The van der Waals surface area contributed by atoms with E-state index in [2.05, 4.69) is 10.1 Å². The monoisotopic (exact) mass is 313 g/mol. The van der Waals surface area contributed by atoms with E-state index < -0.39 is 11.9 Å². The Balaban J connectivity index is 3.14. The molecule has 0 aromatic carbocycles. The van der Waals surface area contributed by atoms with Gasteiger partial charge in [-0.25, -0.2) is 9.59 Å². The maximum absolute atomic E-state index is 11.9. The van der Waals surface area contributed by atoms with Crippen molar-refractivity contribution in [2.75, 3.05) is 19.5 Å². The highest BCUT2D eigenvalue weighted by atomic mass is 32.1. The highest BCUT2D eigenvalue weighted by Crippen LogP contribution is 2.34. The molecule has 1 N–H and O–H groups in total. The number of carbonyl (C=O) groups is 3. The molecule has 7 heteroatoms. The van der Waals surface area contributed by atoms with Crippen LogP contribution in [0.1, 0.15) is 51.8 Å². The van der Waals surface area contributed by atoms with Crippen LogP contribution in [0.4, 0.5) is 5.00 Å². The van der Waals surface area contributed by atoms with E-state index in [1.807, 2.05) is 6.92 Å². The summed E-state index contributed by atoms with van der Waals surface area (Å²) in [4.78, 5) is 35.7. The van der Waals surface area contributed by atoms with Crippen LogP contribution in [0, 0.1) is 6.92 Å². The number of thiophene rings is 1. The molecule has 1 amide bonds. The van der Waals surface area contributed by atoms with Crippen LogP contribution in [0.25, 0.3) is 0 Å². The van der Waals surface area contributed by atoms with Crippen molar-refractivity contribution in [2.45, 2.75) is 33.1 Å². The molecule has 0 aliphatic rings. The minimum absolute atomic E-state index is 0.195. The molecule has 1 heterocycles. The molecule has 1 aromatic heterocycles. The Morgan fingerprint density at radius 1 is 1.14 bits per heavy atom. The molecule has 0 atom stereocenters. The minimum atomic E-state index is -0.593. The van der Waals surface area contributed by atoms with Crippen LogP contribution in [0.5, 0.6) is 0 Å². The van der Waals surface area contributed by atoms with Crippen LogP contribution in [-0.2, 0) is 14.3 Å². The maximum Gasteiger partial charge on any atom is 0.348 e. The Morgan fingerprint density at radius 3 is 2.29 bits per heavy atom. The molecule has 0 fully saturated rings. The Morgan fingerprint density at radius 2 is 1.76 bits per heavy atom. The number of esters is 2. The molecule has 0 unspecified atom stereocenters. The molecule has 6 nitrogen and oxygen atoms in total. The van der Waals surface area contributed by atoms with Gasteiger partial charge in [0.05, 0.1) is 19.8 Å². The smallest absolute Gasteiger partial charge is 0.348 e. The average Bonchev–Trinajstić information content (AvgIpc) is 2.80. The van der Waals surface area contributed by atoms with Crippen LogP contribution in [0.15, 0.2) is 0 Å². The van der Waals surface area contributed by atoms with Gasteiger partial charge in [0.15, 0.2) is 0 Å². The summed E-state index contributed by atoms with van der Waals surface area (Å²) in [5.74, 6) is -1.33. The average molecular weight is 313 g/mol. The van der Waals surface area contributed by atoms with Gasteiger partial charge in [0.25, 0.3) is 0 Å². The third-order valence-electron chi connectivity index (χ3n) is 2.92. The number of ether oxygens (including phenoxy) is 2. The predicted molar refractivity (Wildman–Crippen MR) is 79.9 cm³/mol. The molecule has 0 aliphatic heterocycles. The summed E-state index contributed by atoms with van der Waals surface area (Å²) in [7, 11) is 2.51. The number of methoxy groups -OCH3 is 2. The first kappa shape index (κ1) is 17.2. The van der Waals surface area contributed by atoms with E-state index in [9.17, 15) is 14.4 Å². The number of amides is 1. The van der Waals surface area contributed by atoms with Gasteiger partial charge in [0, 0.05) is 6.42 Å². The Bertz CT molecular complexity index is 550. The summed E-state index contributed by atoms with van der Waals surface area (Å²) < 4.78 is 9.39. The lowest BCUT2D eigenvalue weighted by atomic mass is 10.1. The second-order valence-electron chi connectivity index (χ2n) is 4.40. The maximum atomic E-state index is 11.9. The second kappa shape index (κ2) is 7.78. The largest absolute Gasteiger partial charge is 0.465 e. The van der Waals surface area contributed by atoms with Crippen molar-refractivity contribution in [1.29, 1.82) is 0 Å². The van der Waals surface area contributed by atoms with Crippen molar-refractivity contribution >= 4 is 34.2 Å². The van der Waals surface area contributed by atoms with E-state index in [1.165, 1.54) is 14.2 Å². The zero-order valence-corrected chi connectivity index (χ0v) is 13.4. The molecule has 1 aromatic rings. The van der Waals surface area contributed by atoms with Gasteiger partial charge in [-0.2, -0.15) is 0 Å². The molecule has 0 saturated carbocycles. The first-order valence-electron chi connectivity index (χ1n) is 6.56. The fourth-order valence-corrected chi connectivity index (χ4v) is 2.89. The first-order chi connectivity index (χ1) is 9.96. The molecule has 1 rings (SSSR count). The van der Waals surface area contributed by atoms with Gasteiger partial charge in [-0.3, -0.25) is 4.79 Å². The molecule has 0 bridgehead atoms. The van der Waals surface area contributed by atoms with Crippen molar-refractivity contribution in [2.24, 2.45) is 0 Å².